The molecule has 1 rings (SSSR count). The van der Waals surface area contributed by atoms with Crippen molar-refractivity contribution in [3.63, 3.8) is 0 Å². The molecule has 4 nitrogen and oxygen atoms in total. The highest BCUT2D eigenvalue weighted by molar-refractivity contribution is 6.19. The number of benzene rings is 1. The number of alkyl halides is 4. The molecule has 0 aliphatic heterocycles. The van der Waals surface area contributed by atoms with Gasteiger partial charge in [-0.1, -0.05) is 6.07 Å². The van der Waals surface area contributed by atoms with E-state index in [2.05, 4.69) is 5.32 Å². The van der Waals surface area contributed by atoms with E-state index in [4.69, 9.17) is 11.6 Å². The Kier molecular flexibility index (Phi) is 5.38. The van der Waals surface area contributed by atoms with Gasteiger partial charge < -0.3 is 5.32 Å². The quantitative estimate of drug-likeness (QED) is 0.842. The lowest BCUT2D eigenvalue weighted by molar-refractivity contribution is -0.137. The van der Waals surface area contributed by atoms with Gasteiger partial charge in [0, 0.05) is 18.0 Å². The second kappa shape index (κ2) is 6.60. The van der Waals surface area contributed by atoms with Gasteiger partial charge in [-0.3, -0.25) is 10.1 Å². The largest absolute Gasteiger partial charge is 0.416 e. The Morgan fingerprint density at radius 2 is 1.95 bits per heavy atom. The molecular weight excluding hydrogens is 297 g/mol. The van der Waals surface area contributed by atoms with Gasteiger partial charge in [0.15, 0.2) is 0 Å². The Bertz CT molecular complexity index is 518. The average molecular weight is 309 g/mol. The lowest BCUT2D eigenvalue weighted by atomic mass is 10.1. The molecule has 0 bridgehead atoms. The van der Waals surface area contributed by atoms with Crippen LogP contribution in [0.2, 0.25) is 0 Å². The minimum absolute atomic E-state index is 0.0176. The van der Waals surface area contributed by atoms with Crippen molar-refractivity contribution in [2.45, 2.75) is 19.5 Å². The molecule has 1 aromatic carbocycles. The molecule has 0 aliphatic rings. The van der Waals surface area contributed by atoms with Crippen molar-refractivity contribution in [2.24, 2.45) is 0 Å². The summed E-state index contributed by atoms with van der Waals surface area (Å²) in [6.45, 7) is 1.54. The highest BCUT2D eigenvalue weighted by atomic mass is 35.5. The van der Waals surface area contributed by atoms with Crippen LogP contribution in [0.3, 0.4) is 0 Å². The first kappa shape index (κ1) is 16.3. The molecule has 20 heavy (non-hydrogen) atoms. The van der Waals surface area contributed by atoms with E-state index in [1.54, 1.807) is 0 Å². The maximum absolute atomic E-state index is 12.6. The van der Waals surface area contributed by atoms with Crippen LogP contribution < -0.4 is 10.6 Å². The average Bonchev–Trinajstić information content (AvgIpc) is 2.30. The van der Waals surface area contributed by atoms with Gasteiger partial charge in [0.2, 0.25) is 5.91 Å². The number of carbonyl (C=O) groups is 2. The molecular formula is C12H12ClF3N2O2. The highest BCUT2D eigenvalue weighted by Gasteiger charge is 2.30. The van der Waals surface area contributed by atoms with E-state index in [1.807, 2.05) is 5.32 Å². The molecule has 2 N–H and O–H groups in total. The summed E-state index contributed by atoms with van der Waals surface area (Å²) in [5, 5.41) is 4.16. The number of rotatable bonds is 3. The normalized spacial score (nSPS) is 11.1. The predicted octanol–water partition coefficient (Wildman–Crippen LogP) is 3.29. The fourth-order valence-electron chi connectivity index (χ4n) is 1.36. The summed E-state index contributed by atoms with van der Waals surface area (Å²) >= 11 is 5.32. The first-order valence-electron chi connectivity index (χ1n) is 5.58. The lowest BCUT2D eigenvalue weighted by Gasteiger charge is -2.12. The van der Waals surface area contributed by atoms with E-state index in [-0.39, 0.29) is 18.0 Å². The molecule has 0 radical (unpaired) electrons. The van der Waals surface area contributed by atoms with Crippen LogP contribution in [-0.2, 0) is 11.0 Å². The van der Waals surface area contributed by atoms with Gasteiger partial charge in [0.25, 0.3) is 0 Å². The van der Waals surface area contributed by atoms with Crippen molar-refractivity contribution in [2.75, 3.05) is 11.2 Å². The zero-order valence-corrected chi connectivity index (χ0v) is 11.2. The van der Waals surface area contributed by atoms with Gasteiger partial charge in [-0.25, -0.2) is 4.79 Å². The third kappa shape index (κ3) is 4.73. The molecule has 0 aliphatic carbocycles. The molecule has 1 aromatic rings. The van der Waals surface area contributed by atoms with Crippen molar-refractivity contribution < 1.29 is 22.8 Å². The number of nitrogens with one attached hydrogen (secondary N) is 2. The third-order valence-corrected chi connectivity index (χ3v) is 2.58. The van der Waals surface area contributed by atoms with E-state index in [1.165, 1.54) is 13.0 Å². The summed E-state index contributed by atoms with van der Waals surface area (Å²) in [6.07, 6.45) is -4.56. The number of hydrogen-bond donors (Lipinski definition) is 2. The molecule has 8 heteroatoms. The molecule has 0 heterocycles. The summed E-state index contributed by atoms with van der Waals surface area (Å²) in [6, 6.07) is 2.05. The number of aryl methyl sites for hydroxylation is 1. The summed E-state index contributed by atoms with van der Waals surface area (Å²) < 4.78 is 37.7. The van der Waals surface area contributed by atoms with Crippen molar-refractivity contribution in [1.82, 2.24) is 5.32 Å². The van der Waals surface area contributed by atoms with Gasteiger partial charge >= 0.3 is 12.2 Å². The molecule has 0 spiro atoms. The van der Waals surface area contributed by atoms with Crippen LogP contribution in [0.25, 0.3) is 0 Å². The zero-order valence-electron chi connectivity index (χ0n) is 10.5. The predicted molar refractivity (Wildman–Crippen MR) is 68.7 cm³/mol. The van der Waals surface area contributed by atoms with Crippen molar-refractivity contribution in [3.8, 4) is 0 Å². The number of halogens is 4. The summed E-state index contributed by atoms with van der Waals surface area (Å²) in [4.78, 5) is 22.6. The van der Waals surface area contributed by atoms with Crippen LogP contribution in [0.5, 0.6) is 0 Å². The Labute approximate surface area is 118 Å². The molecule has 0 saturated heterocycles. The van der Waals surface area contributed by atoms with Gasteiger partial charge in [0.05, 0.1) is 5.56 Å². The Morgan fingerprint density at radius 3 is 2.50 bits per heavy atom. The molecule has 0 fully saturated rings. The topological polar surface area (TPSA) is 58.2 Å². The van der Waals surface area contributed by atoms with Crippen molar-refractivity contribution >= 4 is 29.2 Å². The van der Waals surface area contributed by atoms with Gasteiger partial charge in [-0.05, 0) is 24.6 Å². The van der Waals surface area contributed by atoms with Gasteiger partial charge in [0.1, 0.15) is 0 Å². The molecule has 3 amide bonds. The van der Waals surface area contributed by atoms with Crippen molar-refractivity contribution in [1.29, 1.82) is 0 Å². The monoisotopic (exact) mass is 308 g/mol. The number of hydrogen-bond acceptors (Lipinski definition) is 2. The Morgan fingerprint density at radius 1 is 1.30 bits per heavy atom. The third-order valence-electron chi connectivity index (χ3n) is 2.39. The number of anilines is 1. The SMILES string of the molecule is Cc1ccc(C(F)(F)F)cc1NC(=O)NC(=O)CCCl. The number of amides is 3. The Balaban J connectivity index is 2.81. The van der Waals surface area contributed by atoms with E-state index >= 15 is 0 Å². The fraction of sp³-hybridized carbons (Fsp3) is 0.333. The summed E-state index contributed by atoms with van der Waals surface area (Å²) in [5.74, 6) is -0.566. The molecule has 0 atom stereocenters. The molecule has 110 valence electrons. The summed E-state index contributed by atoms with van der Waals surface area (Å²) in [7, 11) is 0. The van der Waals surface area contributed by atoms with E-state index < -0.39 is 23.7 Å². The smallest absolute Gasteiger partial charge is 0.307 e. The maximum atomic E-state index is 12.6. The molecule has 0 aromatic heterocycles. The van der Waals surface area contributed by atoms with E-state index in [9.17, 15) is 22.8 Å². The Hall–Kier alpha value is -1.76. The second-order valence-corrected chi connectivity index (χ2v) is 4.35. The van der Waals surface area contributed by atoms with Crippen molar-refractivity contribution in [3.05, 3.63) is 29.3 Å². The van der Waals surface area contributed by atoms with Crippen LogP contribution in [0, 0.1) is 6.92 Å². The molecule has 0 saturated carbocycles. The molecule has 0 unspecified atom stereocenters. The van der Waals surface area contributed by atoms with Crippen LogP contribution in [0.4, 0.5) is 23.7 Å². The minimum atomic E-state index is -4.50. The minimum Gasteiger partial charge on any atom is -0.307 e. The highest BCUT2D eigenvalue weighted by Crippen LogP contribution is 2.31. The second-order valence-electron chi connectivity index (χ2n) is 3.97. The van der Waals surface area contributed by atoms with Gasteiger partial charge in [-0.15, -0.1) is 11.6 Å². The van der Waals surface area contributed by atoms with E-state index in [0.717, 1.165) is 12.1 Å². The van der Waals surface area contributed by atoms with Crippen LogP contribution in [0.15, 0.2) is 18.2 Å². The number of imide groups is 1. The first-order chi connectivity index (χ1) is 9.24. The zero-order chi connectivity index (χ0) is 15.3. The maximum Gasteiger partial charge on any atom is 0.416 e. The fourth-order valence-corrected chi connectivity index (χ4v) is 1.53. The van der Waals surface area contributed by atoms with Crippen LogP contribution >= 0.6 is 11.6 Å². The lowest BCUT2D eigenvalue weighted by Crippen LogP contribution is -2.34. The number of carbonyl (C=O) groups excluding carboxylic acids is 2. The standard InChI is InChI=1S/C12H12ClF3N2O2/c1-7-2-3-8(12(14,15)16)6-9(7)17-11(20)18-10(19)4-5-13/h2-3,6H,4-5H2,1H3,(H2,17,18,19,20). The van der Waals surface area contributed by atoms with Crippen LogP contribution in [-0.4, -0.2) is 17.8 Å². The first-order valence-corrected chi connectivity index (χ1v) is 6.12. The van der Waals surface area contributed by atoms with Crippen LogP contribution in [0.1, 0.15) is 17.5 Å². The van der Waals surface area contributed by atoms with Gasteiger partial charge in [-0.2, -0.15) is 13.2 Å². The summed E-state index contributed by atoms with van der Waals surface area (Å²) in [5.41, 5.74) is -0.459. The van der Waals surface area contributed by atoms with E-state index in [0.29, 0.717) is 5.56 Å². The number of urea groups is 1.